The van der Waals surface area contributed by atoms with Crippen LogP contribution < -0.4 is 10.1 Å². The lowest BCUT2D eigenvalue weighted by molar-refractivity contribution is 0.102. The average Bonchev–Trinajstić information content (AvgIpc) is 2.70. The van der Waals surface area contributed by atoms with Gasteiger partial charge in [0.1, 0.15) is 11.5 Å². The summed E-state index contributed by atoms with van der Waals surface area (Å²) in [6.45, 7) is 3.82. The molecule has 5 heteroatoms. The minimum atomic E-state index is -0.165. The first-order valence-electron chi connectivity index (χ1n) is 8.96. The van der Waals surface area contributed by atoms with Crippen molar-refractivity contribution in [3.63, 3.8) is 0 Å². The molecule has 2 aromatic carbocycles. The van der Waals surface area contributed by atoms with E-state index < -0.39 is 0 Å². The van der Waals surface area contributed by atoms with Gasteiger partial charge in [-0.05, 0) is 61.9 Å². The number of ether oxygens (including phenoxy) is 1. The first-order valence-corrected chi connectivity index (χ1v) is 8.96. The Hall–Kier alpha value is -3.73. The van der Waals surface area contributed by atoms with E-state index in [0.29, 0.717) is 17.0 Å². The van der Waals surface area contributed by atoms with Crippen LogP contribution in [0.1, 0.15) is 21.6 Å². The fourth-order valence-electron chi connectivity index (χ4n) is 3.07. The molecule has 0 spiro atoms. The van der Waals surface area contributed by atoms with Crippen LogP contribution in [0.4, 0.5) is 5.69 Å². The highest BCUT2D eigenvalue weighted by molar-refractivity contribution is 6.12. The number of hydrogen-bond acceptors (Lipinski definition) is 4. The quantitative estimate of drug-likeness (QED) is 0.531. The number of para-hydroxylation sites is 1. The van der Waals surface area contributed by atoms with Crippen LogP contribution >= 0.6 is 0 Å². The Balaban J connectivity index is 1.58. The van der Waals surface area contributed by atoms with Gasteiger partial charge in [0.15, 0.2) is 0 Å². The minimum Gasteiger partial charge on any atom is -0.455 e. The van der Waals surface area contributed by atoms with Crippen molar-refractivity contribution in [1.29, 1.82) is 0 Å². The number of aryl methyl sites for hydroxylation is 2. The Labute approximate surface area is 163 Å². The number of amides is 1. The SMILES string of the molecule is Cc1cc(C(=O)Nc2ccc(Oc3cccnc3)c(C)c2)c2ccccc2n1. The Kier molecular flexibility index (Phi) is 4.72. The number of pyridine rings is 2. The first-order chi connectivity index (χ1) is 13.6. The van der Waals surface area contributed by atoms with E-state index in [1.54, 1.807) is 12.4 Å². The van der Waals surface area contributed by atoms with Crippen LogP contribution in [0.2, 0.25) is 0 Å². The van der Waals surface area contributed by atoms with Crippen molar-refractivity contribution in [3.8, 4) is 11.5 Å². The van der Waals surface area contributed by atoms with Crippen molar-refractivity contribution in [2.45, 2.75) is 13.8 Å². The number of fused-ring (bicyclic) bond motifs is 1. The second-order valence-corrected chi connectivity index (χ2v) is 6.55. The number of carbonyl (C=O) groups excluding carboxylic acids is 1. The molecule has 0 unspecified atom stereocenters. The molecule has 138 valence electrons. The highest BCUT2D eigenvalue weighted by Gasteiger charge is 2.13. The molecule has 0 atom stereocenters. The summed E-state index contributed by atoms with van der Waals surface area (Å²) in [6, 6.07) is 18.7. The Bertz CT molecular complexity index is 1160. The van der Waals surface area contributed by atoms with E-state index in [4.69, 9.17) is 4.74 Å². The fourth-order valence-corrected chi connectivity index (χ4v) is 3.07. The topological polar surface area (TPSA) is 64.1 Å². The number of nitrogens with zero attached hydrogens (tertiary/aromatic N) is 2. The van der Waals surface area contributed by atoms with Gasteiger partial charge in [-0.15, -0.1) is 0 Å². The maximum absolute atomic E-state index is 12.9. The molecule has 5 nitrogen and oxygen atoms in total. The molecule has 0 saturated carbocycles. The van der Waals surface area contributed by atoms with E-state index >= 15 is 0 Å². The summed E-state index contributed by atoms with van der Waals surface area (Å²) in [7, 11) is 0. The average molecular weight is 369 g/mol. The molecule has 2 heterocycles. The first kappa shape index (κ1) is 17.7. The Morgan fingerprint density at radius 1 is 1.00 bits per heavy atom. The summed E-state index contributed by atoms with van der Waals surface area (Å²) in [4.78, 5) is 21.4. The molecule has 4 aromatic rings. The van der Waals surface area contributed by atoms with Crippen LogP contribution in [0.5, 0.6) is 11.5 Å². The third-order valence-electron chi connectivity index (χ3n) is 4.38. The van der Waals surface area contributed by atoms with Crippen LogP contribution in [0, 0.1) is 13.8 Å². The summed E-state index contributed by atoms with van der Waals surface area (Å²) in [5.74, 6) is 1.22. The molecule has 1 N–H and O–H groups in total. The van der Waals surface area contributed by atoms with Gasteiger partial charge in [-0.1, -0.05) is 18.2 Å². The summed E-state index contributed by atoms with van der Waals surface area (Å²) in [5.41, 5.74) is 3.85. The molecule has 4 rings (SSSR count). The molecular formula is C23H19N3O2. The van der Waals surface area contributed by atoms with Crippen molar-refractivity contribution in [2.24, 2.45) is 0 Å². The van der Waals surface area contributed by atoms with Crippen molar-refractivity contribution >= 4 is 22.5 Å². The summed E-state index contributed by atoms with van der Waals surface area (Å²) < 4.78 is 5.84. The second kappa shape index (κ2) is 7.48. The number of hydrogen-bond donors (Lipinski definition) is 1. The van der Waals surface area contributed by atoms with Gasteiger partial charge in [-0.3, -0.25) is 14.8 Å². The molecule has 2 aromatic heterocycles. The summed E-state index contributed by atoms with van der Waals surface area (Å²) in [5, 5.41) is 3.81. The number of nitrogens with one attached hydrogen (secondary N) is 1. The van der Waals surface area contributed by atoms with Gasteiger partial charge in [0, 0.05) is 23.0 Å². The standard InChI is InChI=1S/C23H19N3O2/c1-15-12-17(9-10-22(15)28-18-6-5-11-24-14-18)26-23(27)20-13-16(2)25-21-8-4-3-7-19(20)21/h3-14H,1-2H3,(H,26,27). The molecule has 0 fully saturated rings. The fraction of sp³-hybridized carbons (Fsp3) is 0.0870. The zero-order chi connectivity index (χ0) is 19.5. The maximum atomic E-state index is 12.9. The van der Waals surface area contributed by atoms with Gasteiger partial charge in [0.25, 0.3) is 5.91 Å². The predicted octanol–water partition coefficient (Wildman–Crippen LogP) is 5.29. The number of anilines is 1. The smallest absolute Gasteiger partial charge is 0.256 e. The van der Waals surface area contributed by atoms with Crippen molar-refractivity contribution in [1.82, 2.24) is 9.97 Å². The third-order valence-corrected chi connectivity index (χ3v) is 4.38. The number of benzene rings is 2. The van der Waals surface area contributed by atoms with Gasteiger partial charge in [-0.2, -0.15) is 0 Å². The molecular weight excluding hydrogens is 350 g/mol. The van der Waals surface area contributed by atoms with Gasteiger partial charge in [0.2, 0.25) is 0 Å². The highest BCUT2D eigenvalue weighted by atomic mass is 16.5. The van der Waals surface area contributed by atoms with E-state index in [-0.39, 0.29) is 5.91 Å². The lowest BCUT2D eigenvalue weighted by Crippen LogP contribution is -2.13. The van der Waals surface area contributed by atoms with E-state index in [2.05, 4.69) is 15.3 Å². The molecule has 0 aliphatic heterocycles. The van der Waals surface area contributed by atoms with Gasteiger partial charge >= 0.3 is 0 Å². The monoisotopic (exact) mass is 369 g/mol. The molecule has 0 aliphatic carbocycles. The second-order valence-electron chi connectivity index (χ2n) is 6.55. The minimum absolute atomic E-state index is 0.165. The van der Waals surface area contributed by atoms with E-state index in [1.807, 2.05) is 74.5 Å². The normalized spacial score (nSPS) is 10.6. The Morgan fingerprint density at radius 2 is 1.86 bits per heavy atom. The van der Waals surface area contributed by atoms with E-state index in [1.165, 1.54) is 0 Å². The van der Waals surface area contributed by atoms with E-state index in [0.717, 1.165) is 27.9 Å². The highest BCUT2D eigenvalue weighted by Crippen LogP contribution is 2.27. The van der Waals surface area contributed by atoms with Crippen LogP contribution in [-0.2, 0) is 0 Å². The lowest BCUT2D eigenvalue weighted by Gasteiger charge is -2.12. The number of rotatable bonds is 4. The molecule has 0 radical (unpaired) electrons. The van der Waals surface area contributed by atoms with Crippen LogP contribution in [0.3, 0.4) is 0 Å². The van der Waals surface area contributed by atoms with E-state index in [9.17, 15) is 4.79 Å². The third kappa shape index (κ3) is 3.69. The summed E-state index contributed by atoms with van der Waals surface area (Å²) >= 11 is 0. The molecule has 0 saturated heterocycles. The van der Waals surface area contributed by atoms with Crippen LogP contribution in [0.25, 0.3) is 10.9 Å². The molecule has 0 aliphatic rings. The van der Waals surface area contributed by atoms with Gasteiger partial charge in [0.05, 0.1) is 17.3 Å². The van der Waals surface area contributed by atoms with Crippen LogP contribution in [0.15, 0.2) is 73.1 Å². The number of aromatic nitrogens is 2. The summed E-state index contributed by atoms with van der Waals surface area (Å²) in [6.07, 6.45) is 3.36. The maximum Gasteiger partial charge on any atom is 0.256 e. The van der Waals surface area contributed by atoms with Crippen molar-refractivity contribution in [2.75, 3.05) is 5.32 Å². The largest absolute Gasteiger partial charge is 0.455 e. The molecule has 28 heavy (non-hydrogen) atoms. The lowest BCUT2D eigenvalue weighted by atomic mass is 10.1. The van der Waals surface area contributed by atoms with Gasteiger partial charge < -0.3 is 10.1 Å². The van der Waals surface area contributed by atoms with Crippen molar-refractivity contribution < 1.29 is 9.53 Å². The zero-order valence-electron chi connectivity index (χ0n) is 15.6. The molecule has 1 amide bonds. The van der Waals surface area contributed by atoms with Gasteiger partial charge in [-0.25, -0.2) is 0 Å². The predicted molar refractivity (Wildman–Crippen MR) is 110 cm³/mol. The van der Waals surface area contributed by atoms with Crippen molar-refractivity contribution in [3.05, 3.63) is 89.9 Å². The molecule has 0 bridgehead atoms. The zero-order valence-corrected chi connectivity index (χ0v) is 15.6. The Morgan fingerprint density at radius 3 is 2.64 bits per heavy atom. The van der Waals surface area contributed by atoms with Crippen LogP contribution in [-0.4, -0.2) is 15.9 Å². The number of carbonyl (C=O) groups is 1.